The lowest BCUT2D eigenvalue weighted by Gasteiger charge is -2.22. The van der Waals surface area contributed by atoms with Crippen molar-refractivity contribution < 1.29 is 22.4 Å². The van der Waals surface area contributed by atoms with E-state index in [1.54, 1.807) is 12.1 Å². The highest BCUT2D eigenvalue weighted by atomic mass is 32.2. The van der Waals surface area contributed by atoms with Crippen LogP contribution >= 0.6 is 23.1 Å². The van der Waals surface area contributed by atoms with Crippen molar-refractivity contribution in [1.29, 1.82) is 0 Å². The van der Waals surface area contributed by atoms with Gasteiger partial charge in [0, 0.05) is 6.54 Å². The molecule has 2 aromatic heterocycles. The van der Waals surface area contributed by atoms with Gasteiger partial charge in [-0.25, -0.2) is 0 Å². The Labute approximate surface area is 150 Å². The van der Waals surface area contributed by atoms with Gasteiger partial charge < -0.3 is 14.6 Å². The van der Waals surface area contributed by atoms with Gasteiger partial charge in [0.2, 0.25) is 11.0 Å². The Bertz CT molecular complexity index is 689. The van der Waals surface area contributed by atoms with Crippen LogP contribution in [0, 0.1) is 0 Å². The molecule has 0 spiro atoms. The summed E-state index contributed by atoms with van der Waals surface area (Å²) in [4.78, 5) is 12.9. The Hall–Kier alpha value is -2.01. The molecule has 0 aliphatic carbocycles. The number of furan rings is 1. The smallest absolute Gasteiger partial charge is 0.406 e. The van der Waals surface area contributed by atoms with Gasteiger partial charge in [0.15, 0.2) is 4.34 Å². The van der Waals surface area contributed by atoms with Gasteiger partial charge in [-0.3, -0.25) is 4.79 Å². The van der Waals surface area contributed by atoms with E-state index in [4.69, 9.17) is 4.42 Å². The van der Waals surface area contributed by atoms with Crippen LogP contribution in [0.2, 0.25) is 0 Å². The molecule has 0 saturated heterocycles. The molecule has 0 saturated carbocycles. The molecule has 2 aromatic rings. The summed E-state index contributed by atoms with van der Waals surface area (Å²) in [6.07, 6.45) is -1.49. The molecule has 0 bridgehead atoms. The van der Waals surface area contributed by atoms with E-state index in [1.807, 2.05) is 0 Å². The molecule has 0 fully saturated rings. The number of nitrogens with one attached hydrogen (secondary N) is 1. The third-order valence-corrected chi connectivity index (χ3v) is 4.77. The van der Waals surface area contributed by atoms with Crippen molar-refractivity contribution in [2.75, 3.05) is 24.2 Å². The fraction of sp³-hybridized carbons (Fsp3) is 0.357. The van der Waals surface area contributed by atoms with Crippen LogP contribution in [0.5, 0.6) is 0 Å². The maximum Gasteiger partial charge on any atom is 0.406 e. The van der Waals surface area contributed by atoms with E-state index >= 15 is 0 Å². The summed E-state index contributed by atoms with van der Waals surface area (Å²) in [5, 5.41) is 11.2. The van der Waals surface area contributed by atoms with E-state index in [0.29, 0.717) is 20.9 Å². The van der Waals surface area contributed by atoms with Crippen LogP contribution in [0.1, 0.15) is 5.76 Å². The summed E-state index contributed by atoms with van der Waals surface area (Å²) in [5.74, 6) is -0.545. The van der Waals surface area contributed by atoms with Gasteiger partial charge in [-0.1, -0.05) is 29.2 Å². The maximum absolute atomic E-state index is 12.7. The Morgan fingerprint density at radius 3 is 2.92 bits per heavy atom. The van der Waals surface area contributed by atoms with E-state index in [2.05, 4.69) is 22.1 Å². The molecule has 2 heterocycles. The average molecular weight is 392 g/mol. The Balaban J connectivity index is 1.93. The lowest BCUT2D eigenvalue weighted by Crippen LogP contribution is -2.39. The van der Waals surface area contributed by atoms with Gasteiger partial charge in [-0.15, -0.1) is 16.8 Å². The summed E-state index contributed by atoms with van der Waals surface area (Å²) in [6.45, 7) is 2.49. The maximum atomic E-state index is 12.7. The summed E-state index contributed by atoms with van der Waals surface area (Å²) in [5.41, 5.74) is 0. The van der Waals surface area contributed by atoms with Gasteiger partial charge in [0.05, 0.1) is 18.6 Å². The molecule has 0 aliphatic heterocycles. The molecule has 0 aliphatic rings. The normalized spacial score (nSPS) is 11.3. The summed E-state index contributed by atoms with van der Waals surface area (Å²) >= 11 is 2.26. The topological polar surface area (TPSA) is 71.3 Å². The van der Waals surface area contributed by atoms with E-state index in [-0.39, 0.29) is 18.1 Å². The molecule has 1 amide bonds. The van der Waals surface area contributed by atoms with Crippen LogP contribution in [-0.2, 0) is 11.3 Å². The summed E-state index contributed by atoms with van der Waals surface area (Å²) in [7, 11) is 0. The molecule has 25 heavy (non-hydrogen) atoms. The summed E-state index contributed by atoms with van der Waals surface area (Å²) in [6, 6.07) is 3.07. The molecule has 6 nitrogen and oxygen atoms in total. The van der Waals surface area contributed by atoms with Crippen LogP contribution in [0.25, 0.3) is 0 Å². The highest BCUT2D eigenvalue weighted by molar-refractivity contribution is 8.01. The number of alkyl halides is 3. The standard InChI is InChI=1S/C14H15F3N4O2S2/c1-2-5-18-12-19-20-13(25-12)24-8-11(22)21(9-14(15,16)17)7-10-4-3-6-23-10/h2-4,6H,1,5,7-9H2,(H,18,19). The summed E-state index contributed by atoms with van der Waals surface area (Å²) < 4.78 is 43.7. The molecular formula is C14H15F3N4O2S2. The van der Waals surface area contributed by atoms with Crippen molar-refractivity contribution in [1.82, 2.24) is 15.1 Å². The van der Waals surface area contributed by atoms with Crippen molar-refractivity contribution in [2.24, 2.45) is 0 Å². The zero-order chi connectivity index (χ0) is 18.3. The van der Waals surface area contributed by atoms with Gasteiger partial charge in [-0.2, -0.15) is 13.2 Å². The van der Waals surface area contributed by atoms with Crippen molar-refractivity contribution in [2.45, 2.75) is 17.1 Å². The predicted octanol–water partition coefficient (Wildman–Crippen LogP) is 3.41. The fourth-order valence-corrected chi connectivity index (χ4v) is 3.41. The highest BCUT2D eigenvalue weighted by Crippen LogP contribution is 2.26. The number of hydrogen-bond acceptors (Lipinski definition) is 7. The Kier molecular flexibility index (Phi) is 6.88. The SMILES string of the molecule is C=CCNc1nnc(SCC(=O)N(Cc2ccco2)CC(F)(F)F)s1. The zero-order valence-electron chi connectivity index (χ0n) is 13.0. The fourth-order valence-electron chi connectivity index (χ4n) is 1.75. The molecule has 11 heteroatoms. The Morgan fingerprint density at radius 1 is 1.48 bits per heavy atom. The van der Waals surface area contributed by atoms with Crippen LogP contribution < -0.4 is 5.32 Å². The number of halogens is 3. The number of amides is 1. The minimum Gasteiger partial charge on any atom is -0.467 e. The largest absolute Gasteiger partial charge is 0.467 e. The first-order chi connectivity index (χ1) is 11.9. The lowest BCUT2D eigenvalue weighted by atomic mass is 10.3. The number of hydrogen-bond donors (Lipinski definition) is 1. The van der Waals surface area contributed by atoms with Crippen molar-refractivity contribution in [3.63, 3.8) is 0 Å². The number of nitrogens with zero attached hydrogens (tertiary/aromatic N) is 3. The third-order valence-electron chi connectivity index (χ3n) is 2.77. The number of anilines is 1. The van der Waals surface area contributed by atoms with Crippen LogP contribution in [-0.4, -0.2) is 46.0 Å². The molecule has 0 unspecified atom stereocenters. The molecule has 2 rings (SSSR count). The first-order valence-corrected chi connectivity index (χ1v) is 8.85. The van der Waals surface area contributed by atoms with E-state index in [1.165, 1.54) is 23.7 Å². The van der Waals surface area contributed by atoms with Crippen LogP contribution in [0.15, 0.2) is 39.8 Å². The van der Waals surface area contributed by atoms with Gasteiger partial charge in [0.1, 0.15) is 12.3 Å². The number of aromatic nitrogens is 2. The minimum atomic E-state index is -4.49. The third kappa shape index (κ3) is 6.78. The van der Waals surface area contributed by atoms with Crippen molar-refractivity contribution in [3.8, 4) is 0 Å². The number of carbonyl (C=O) groups is 1. The Morgan fingerprint density at radius 2 is 2.28 bits per heavy atom. The number of thioether (sulfide) groups is 1. The quantitative estimate of drug-likeness (QED) is 0.521. The molecule has 136 valence electrons. The van der Waals surface area contributed by atoms with Crippen LogP contribution in [0.4, 0.5) is 18.3 Å². The van der Waals surface area contributed by atoms with Crippen LogP contribution in [0.3, 0.4) is 0 Å². The second-order valence-electron chi connectivity index (χ2n) is 4.78. The number of rotatable bonds is 9. The van der Waals surface area contributed by atoms with E-state index < -0.39 is 18.6 Å². The second kappa shape index (κ2) is 8.90. The first kappa shape index (κ1) is 19.3. The average Bonchev–Trinajstić information content (AvgIpc) is 3.20. The molecule has 0 radical (unpaired) electrons. The van der Waals surface area contributed by atoms with E-state index in [0.717, 1.165) is 11.8 Å². The highest BCUT2D eigenvalue weighted by Gasteiger charge is 2.33. The predicted molar refractivity (Wildman–Crippen MR) is 89.5 cm³/mol. The monoisotopic (exact) mass is 392 g/mol. The molecular weight excluding hydrogens is 377 g/mol. The van der Waals surface area contributed by atoms with Crippen molar-refractivity contribution in [3.05, 3.63) is 36.8 Å². The lowest BCUT2D eigenvalue weighted by molar-refractivity contribution is -0.161. The minimum absolute atomic E-state index is 0.174. The van der Waals surface area contributed by atoms with Gasteiger partial charge in [0.25, 0.3) is 0 Å². The first-order valence-electron chi connectivity index (χ1n) is 7.05. The zero-order valence-corrected chi connectivity index (χ0v) is 14.6. The second-order valence-corrected chi connectivity index (χ2v) is 6.98. The van der Waals surface area contributed by atoms with Gasteiger partial charge >= 0.3 is 6.18 Å². The van der Waals surface area contributed by atoms with Crippen molar-refractivity contribution >= 4 is 34.1 Å². The molecule has 0 aromatic carbocycles. The van der Waals surface area contributed by atoms with E-state index in [9.17, 15) is 18.0 Å². The molecule has 1 N–H and O–H groups in total. The van der Waals surface area contributed by atoms with Gasteiger partial charge in [-0.05, 0) is 12.1 Å². The molecule has 0 atom stereocenters. The number of carbonyl (C=O) groups excluding carboxylic acids is 1.